The van der Waals surface area contributed by atoms with E-state index in [0.717, 1.165) is 18.7 Å². The molecule has 0 saturated carbocycles. The van der Waals surface area contributed by atoms with Gasteiger partial charge in [-0.15, -0.1) is 0 Å². The highest BCUT2D eigenvalue weighted by Gasteiger charge is 1.81. The summed E-state index contributed by atoms with van der Waals surface area (Å²) in [5.74, 6) is 0.743. The molecule has 0 fully saturated rings. The lowest BCUT2D eigenvalue weighted by molar-refractivity contribution is 0.832. The zero-order valence-corrected chi connectivity index (χ0v) is 4.70. The Kier molecular flexibility index (Phi) is 1.56. The number of rotatable bonds is 2. The molecule has 0 spiro atoms. The minimum Gasteiger partial charge on any atom is -0.335 e. The van der Waals surface area contributed by atoms with E-state index in [-0.39, 0.29) is 0 Å². The van der Waals surface area contributed by atoms with Crippen LogP contribution >= 0.6 is 0 Å². The number of aromatic nitrogens is 4. The number of nitrogens with zero attached hydrogens (tertiary/aromatic N) is 4. The molecule has 0 atom stereocenters. The Hall–Kier alpha value is -0.930. The second-order valence-electron chi connectivity index (χ2n) is 1.55. The lowest BCUT2D eigenvalue weighted by atomic mass is 10.3. The Labute approximate surface area is 47.3 Å². The molecule has 8 heavy (non-hydrogen) atoms. The molecule has 44 valence electrons. The van der Waals surface area contributed by atoms with Crippen molar-refractivity contribution in [3.8, 4) is 0 Å². The maximum Gasteiger partial charge on any atom is 0.00986 e. The van der Waals surface area contributed by atoms with Gasteiger partial charge in [-0.25, -0.2) is 0 Å². The van der Waals surface area contributed by atoms with Gasteiger partial charge in [0.1, 0.15) is 0 Å². The summed E-state index contributed by atoms with van der Waals surface area (Å²) < 4.78 is 0. The van der Waals surface area contributed by atoms with E-state index >= 15 is 0 Å². The van der Waals surface area contributed by atoms with E-state index in [1.54, 1.807) is 0 Å². The average molecular weight is 111 g/mol. The molecule has 0 aromatic carbocycles. The maximum absolute atomic E-state index is 3.63. The fourth-order valence-corrected chi connectivity index (χ4v) is 0.487. The third-order valence-electron chi connectivity index (χ3n) is 0.834. The van der Waals surface area contributed by atoms with Crippen LogP contribution in [-0.2, 0) is 6.42 Å². The van der Waals surface area contributed by atoms with E-state index < -0.39 is 0 Å². The van der Waals surface area contributed by atoms with E-state index in [4.69, 9.17) is 0 Å². The quantitative estimate of drug-likeness (QED) is 0.529. The summed E-state index contributed by atoms with van der Waals surface area (Å²) in [6.45, 7) is 2.07. The van der Waals surface area contributed by atoms with Crippen molar-refractivity contribution in [2.24, 2.45) is 0 Å². The van der Waals surface area contributed by atoms with Crippen molar-refractivity contribution in [1.82, 2.24) is 20.6 Å². The molecule has 0 saturated heterocycles. The second kappa shape index (κ2) is 2.40. The summed E-state index contributed by atoms with van der Waals surface area (Å²) in [5, 5.41) is 13.9. The minimum absolute atomic E-state index is 0.743. The predicted molar refractivity (Wildman–Crippen MR) is 27.1 cm³/mol. The van der Waals surface area contributed by atoms with Gasteiger partial charge in [-0.05, 0) is 6.42 Å². The topological polar surface area (TPSA) is 52.8 Å². The van der Waals surface area contributed by atoms with Crippen LogP contribution in [-0.4, -0.2) is 15.5 Å². The second-order valence-corrected chi connectivity index (χ2v) is 1.55. The first kappa shape index (κ1) is 5.21. The van der Waals surface area contributed by atoms with Gasteiger partial charge >= 0.3 is 0 Å². The molecule has 0 amide bonds. The zero-order valence-electron chi connectivity index (χ0n) is 4.70. The third-order valence-corrected chi connectivity index (χ3v) is 0.834. The van der Waals surface area contributed by atoms with E-state index in [9.17, 15) is 0 Å². The van der Waals surface area contributed by atoms with Crippen molar-refractivity contribution in [3.63, 3.8) is 0 Å². The van der Waals surface area contributed by atoms with Crippen LogP contribution in [0.4, 0.5) is 0 Å². The Morgan fingerprint density at radius 1 is 1.62 bits per heavy atom. The maximum atomic E-state index is 3.63. The van der Waals surface area contributed by atoms with Crippen molar-refractivity contribution < 1.29 is 0 Å². The van der Waals surface area contributed by atoms with Gasteiger partial charge < -0.3 is 5.10 Å². The molecular weight excluding hydrogens is 104 g/mol. The molecule has 0 N–H and O–H groups in total. The Morgan fingerprint density at radius 2 is 2.50 bits per heavy atom. The van der Waals surface area contributed by atoms with Gasteiger partial charge in [-0.2, -0.15) is 5.21 Å². The summed E-state index contributed by atoms with van der Waals surface area (Å²) in [4.78, 5) is 0. The van der Waals surface area contributed by atoms with Gasteiger partial charge in [0.05, 0.1) is 0 Å². The molecule has 1 aromatic heterocycles. The van der Waals surface area contributed by atoms with Crippen molar-refractivity contribution in [2.75, 3.05) is 0 Å². The van der Waals surface area contributed by atoms with Crippen LogP contribution in [0.2, 0.25) is 0 Å². The lowest BCUT2D eigenvalue weighted by Crippen LogP contribution is -1.87. The van der Waals surface area contributed by atoms with E-state index in [1.165, 1.54) is 0 Å². The van der Waals surface area contributed by atoms with Crippen LogP contribution in [0, 0.1) is 0 Å². The van der Waals surface area contributed by atoms with Crippen LogP contribution in [0.5, 0.6) is 0 Å². The van der Waals surface area contributed by atoms with Crippen molar-refractivity contribution in [2.45, 2.75) is 19.8 Å². The standard InChI is InChI=1S/C4H7N4/c1-2-3-4-5-7-8-6-4/h2-3H2,1H3/q-1. The number of hydrogen-bond acceptors (Lipinski definition) is 3. The van der Waals surface area contributed by atoms with Gasteiger partial charge in [0.2, 0.25) is 0 Å². The van der Waals surface area contributed by atoms with Crippen LogP contribution in [0.15, 0.2) is 0 Å². The van der Waals surface area contributed by atoms with Crippen LogP contribution in [0.25, 0.3) is 0 Å². The third kappa shape index (κ3) is 1.02. The summed E-state index contributed by atoms with van der Waals surface area (Å²) in [6.07, 6.45) is 1.93. The first-order valence-electron chi connectivity index (χ1n) is 2.61. The van der Waals surface area contributed by atoms with Crippen molar-refractivity contribution >= 4 is 0 Å². The molecular formula is C4H7N4-. The number of aryl methyl sites for hydroxylation is 1. The normalized spacial score (nSPS) is 9.62. The van der Waals surface area contributed by atoms with E-state index in [1.807, 2.05) is 0 Å². The molecule has 4 nitrogen and oxygen atoms in total. The number of hydrogen-bond donors (Lipinski definition) is 0. The van der Waals surface area contributed by atoms with Gasteiger partial charge in [-0.1, -0.05) is 13.3 Å². The smallest absolute Gasteiger partial charge is 0.00986 e. The molecule has 1 rings (SSSR count). The van der Waals surface area contributed by atoms with Gasteiger partial charge in [0, 0.05) is 5.82 Å². The lowest BCUT2D eigenvalue weighted by Gasteiger charge is -1.90. The van der Waals surface area contributed by atoms with Crippen LogP contribution < -0.4 is 5.10 Å². The highest BCUT2D eigenvalue weighted by atomic mass is 15.5. The predicted octanol–water partition coefficient (Wildman–Crippen LogP) is -0.219. The Balaban J connectivity index is 2.50. The molecule has 1 heterocycles. The Morgan fingerprint density at radius 3 is 3.00 bits per heavy atom. The van der Waals surface area contributed by atoms with Crippen LogP contribution in [0.3, 0.4) is 0 Å². The van der Waals surface area contributed by atoms with Gasteiger partial charge in [0.15, 0.2) is 0 Å². The van der Waals surface area contributed by atoms with Crippen molar-refractivity contribution in [1.29, 1.82) is 0 Å². The minimum atomic E-state index is 0.743. The Bertz CT molecular complexity index is 134. The molecule has 0 radical (unpaired) electrons. The fraction of sp³-hybridized carbons (Fsp3) is 0.750. The van der Waals surface area contributed by atoms with E-state index in [2.05, 4.69) is 27.5 Å². The molecule has 0 aliphatic carbocycles. The molecule has 0 unspecified atom stereocenters. The molecule has 0 bridgehead atoms. The SMILES string of the molecule is CCCc1nnn[n-]1. The number of tetrazole rings is 1. The monoisotopic (exact) mass is 111 g/mol. The highest BCUT2D eigenvalue weighted by Crippen LogP contribution is 1.86. The summed E-state index contributed by atoms with van der Waals surface area (Å²) >= 11 is 0. The molecule has 0 aliphatic heterocycles. The highest BCUT2D eigenvalue weighted by molar-refractivity contribution is 4.73. The summed E-state index contributed by atoms with van der Waals surface area (Å²) in [5.41, 5.74) is 0. The molecule has 1 aromatic rings. The molecule has 0 aliphatic rings. The fourth-order valence-electron chi connectivity index (χ4n) is 0.487. The largest absolute Gasteiger partial charge is 0.335 e. The summed E-state index contributed by atoms with van der Waals surface area (Å²) in [6, 6.07) is 0. The van der Waals surface area contributed by atoms with Crippen molar-refractivity contribution in [3.05, 3.63) is 5.82 Å². The van der Waals surface area contributed by atoms with E-state index in [0.29, 0.717) is 0 Å². The summed E-state index contributed by atoms with van der Waals surface area (Å²) in [7, 11) is 0. The van der Waals surface area contributed by atoms with Gasteiger partial charge in [-0.3, -0.25) is 10.3 Å². The van der Waals surface area contributed by atoms with Gasteiger partial charge in [0.25, 0.3) is 0 Å². The zero-order chi connectivity index (χ0) is 5.82. The first-order chi connectivity index (χ1) is 3.93. The molecule has 4 heteroatoms. The van der Waals surface area contributed by atoms with Crippen LogP contribution in [0.1, 0.15) is 19.2 Å². The average Bonchev–Trinajstić information content (AvgIpc) is 2.19. The first-order valence-corrected chi connectivity index (χ1v) is 2.61.